The maximum atomic E-state index is 13.3. The van der Waals surface area contributed by atoms with Crippen molar-refractivity contribution in [1.29, 1.82) is 5.26 Å². The lowest BCUT2D eigenvalue weighted by molar-refractivity contribution is -0.139. The summed E-state index contributed by atoms with van der Waals surface area (Å²) < 4.78 is 39.3. The number of nitrogens with one attached hydrogen (secondary N) is 1. The number of rotatable bonds is 5. The zero-order valence-electron chi connectivity index (χ0n) is 9.99. The summed E-state index contributed by atoms with van der Waals surface area (Å²) in [5, 5.41) is 19.0. The van der Waals surface area contributed by atoms with Gasteiger partial charge >= 0.3 is 5.97 Å². The third kappa shape index (κ3) is 3.71. The van der Waals surface area contributed by atoms with E-state index >= 15 is 0 Å². The second kappa shape index (κ2) is 6.56. The molecule has 0 saturated heterocycles. The topological polar surface area (TPSA) is 90.2 Å². The van der Waals surface area contributed by atoms with Gasteiger partial charge in [-0.15, -0.1) is 0 Å². The fraction of sp³-hybridized carbons (Fsp3) is 0.250. The Labute approximate surface area is 111 Å². The maximum absolute atomic E-state index is 13.3. The summed E-state index contributed by atoms with van der Waals surface area (Å²) in [5.41, 5.74) is -1.07. The monoisotopic (exact) mass is 286 g/mol. The average Bonchev–Trinajstić information content (AvgIpc) is 2.32. The highest BCUT2D eigenvalue weighted by Crippen LogP contribution is 2.15. The molecule has 8 heteroatoms. The predicted octanol–water partition coefficient (Wildman–Crippen LogP) is 1.59. The first-order valence-electron chi connectivity index (χ1n) is 5.42. The van der Waals surface area contributed by atoms with Crippen LogP contribution in [0.15, 0.2) is 12.1 Å². The van der Waals surface area contributed by atoms with Crippen molar-refractivity contribution in [1.82, 2.24) is 5.32 Å². The number of carboxylic acid groups (broad SMARTS) is 1. The van der Waals surface area contributed by atoms with Crippen LogP contribution in [0.4, 0.5) is 13.2 Å². The number of nitriles is 1. The Kier molecular flexibility index (Phi) is 5.08. The molecular weight excluding hydrogens is 277 g/mol. The molecule has 0 unspecified atom stereocenters. The molecule has 1 atom stereocenters. The molecule has 1 aromatic rings. The van der Waals surface area contributed by atoms with Crippen molar-refractivity contribution in [2.45, 2.75) is 18.9 Å². The molecule has 0 aliphatic heterocycles. The highest BCUT2D eigenvalue weighted by Gasteiger charge is 2.24. The van der Waals surface area contributed by atoms with Crippen molar-refractivity contribution in [2.24, 2.45) is 0 Å². The van der Waals surface area contributed by atoms with Crippen molar-refractivity contribution in [3.63, 3.8) is 0 Å². The minimum absolute atomic E-state index is 0.161. The van der Waals surface area contributed by atoms with E-state index in [0.717, 1.165) is 0 Å². The molecule has 1 aromatic carbocycles. The minimum atomic E-state index is -1.47. The molecule has 0 radical (unpaired) electrons. The van der Waals surface area contributed by atoms with Crippen LogP contribution in [0.25, 0.3) is 0 Å². The number of hydrogen-bond donors (Lipinski definition) is 2. The third-order valence-electron chi connectivity index (χ3n) is 2.38. The van der Waals surface area contributed by atoms with Crippen LogP contribution in [0.3, 0.4) is 0 Å². The number of halogens is 3. The lowest BCUT2D eigenvalue weighted by Crippen LogP contribution is -2.41. The summed E-state index contributed by atoms with van der Waals surface area (Å²) >= 11 is 0. The summed E-state index contributed by atoms with van der Waals surface area (Å²) in [6.45, 7) is 0. The van der Waals surface area contributed by atoms with Gasteiger partial charge in [0.15, 0.2) is 0 Å². The molecule has 0 fully saturated rings. The highest BCUT2D eigenvalue weighted by atomic mass is 19.1. The number of carboxylic acids is 1. The van der Waals surface area contributed by atoms with E-state index in [9.17, 15) is 22.8 Å². The zero-order chi connectivity index (χ0) is 15.3. The first-order valence-corrected chi connectivity index (χ1v) is 5.42. The Morgan fingerprint density at radius 3 is 2.30 bits per heavy atom. The number of aliphatic carboxylic acids is 1. The van der Waals surface area contributed by atoms with E-state index in [1.165, 1.54) is 0 Å². The lowest BCUT2D eigenvalue weighted by Gasteiger charge is -2.13. The Morgan fingerprint density at radius 1 is 1.30 bits per heavy atom. The Balaban J connectivity index is 2.95. The van der Waals surface area contributed by atoms with Crippen LogP contribution >= 0.6 is 0 Å². The molecule has 0 bridgehead atoms. The second-order valence-corrected chi connectivity index (χ2v) is 3.81. The van der Waals surface area contributed by atoms with E-state index in [1.54, 1.807) is 6.07 Å². The lowest BCUT2D eigenvalue weighted by atomic mass is 10.1. The van der Waals surface area contributed by atoms with E-state index in [4.69, 9.17) is 10.4 Å². The van der Waals surface area contributed by atoms with Crippen LogP contribution in [0.5, 0.6) is 0 Å². The molecule has 106 valence electrons. The number of carbonyl (C=O) groups excluding carboxylic acids is 1. The van der Waals surface area contributed by atoms with Gasteiger partial charge in [0.25, 0.3) is 5.91 Å². The number of amides is 1. The van der Waals surface area contributed by atoms with Gasteiger partial charge in [0, 0.05) is 18.6 Å². The Bertz CT molecular complexity index is 561. The predicted molar refractivity (Wildman–Crippen MR) is 60.1 cm³/mol. The molecule has 0 aliphatic rings. The van der Waals surface area contributed by atoms with Gasteiger partial charge in [0.1, 0.15) is 29.1 Å². The number of hydrogen-bond acceptors (Lipinski definition) is 3. The smallest absolute Gasteiger partial charge is 0.326 e. The summed E-state index contributed by atoms with van der Waals surface area (Å²) in [6.07, 6.45) is -0.381. The average molecular weight is 286 g/mol. The number of benzene rings is 1. The van der Waals surface area contributed by atoms with Gasteiger partial charge in [-0.1, -0.05) is 0 Å². The van der Waals surface area contributed by atoms with Crippen molar-refractivity contribution in [3.8, 4) is 6.07 Å². The Hall–Kier alpha value is -2.56. The van der Waals surface area contributed by atoms with Crippen molar-refractivity contribution in [3.05, 3.63) is 35.1 Å². The quantitative estimate of drug-likeness (QED) is 0.860. The minimum Gasteiger partial charge on any atom is -0.480 e. The van der Waals surface area contributed by atoms with Crippen molar-refractivity contribution >= 4 is 11.9 Å². The fourth-order valence-corrected chi connectivity index (χ4v) is 1.46. The molecule has 20 heavy (non-hydrogen) atoms. The largest absolute Gasteiger partial charge is 0.480 e. The normalized spacial score (nSPS) is 11.5. The van der Waals surface area contributed by atoms with Gasteiger partial charge in [0.05, 0.1) is 6.07 Å². The molecule has 1 amide bonds. The van der Waals surface area contributed by atoms with E-state index in [0.29, 0.717) is 12.1 Å². The molecule has 0 spiro atoms. The fourth-order valence-electron chi connectivity index (χ4n) is 1.46. The Morgan fingerprint density at radius 2 is 1.85 bits per heavy atom. The van der Waals surface area contributed by atoms with Gasteiger partial charge in [-0.05, 0) is 6.42 Å². The van der Waals surface area contributed by atoms with Crippen LogP contribution in [-0.4, -0.2) is 23.0 Å². The molecule has 2 N–H and O–H groups in total. The van der Waals surface area contributed by atoms with Crippen LogP contribution in [0, 0.1) is 28.8 Å². The first-order chi connectivity index (χ1) is 9.36. The van der Waals surface area contributed by atoms with Gasteiger partial charge in [-0.25, -0.2) is 18.0 Å². The molecule has 0 heterocycles. The molecule has 1 rings (SSSR count). The van der Waals surface area contributed by atoms with Gasteiger partial charge < -0.3 is 10.4 Å². The van der Waals surface area contributed by atoms with E-state index in [2.05, 4.69) is 0 Å². The second-order valence-electron chi connectivity index (χ2n) is 3.81. The third-order valence-corrected chi connectivity index (χ3v) is 2.38. The summed E-state index contributed by atoms with van der Waals surface area (Å²) in [7, 11) is 0. The molecule has 0 saturated carbocycles. The molecule has 0 aliphatic carbocycles. The maximum Gasteiger partial charge on any atom is 0.326 e. The van der Waals surface area contributed by atoms with E-state index in [1.807, 2.05) is 5.32 Å². The van der Waals surface area contributed by atoms with Crippen molar-refractivity contribution < 1.29 is 27.9 Å². The van der Waals surface area contributed by atoms with Gasteiger partial charge in [-0.2, -0.15) is 5.26 Å². The standard InChI is InChI=1S/C12H9F3N2O3/c13-6-4-7(14)10(8(15)5-6)11(18)17-9(12(19)20)2-1-3-16/h4-5,9H,1-2H2,(H,17,18)(H,19,20)/t9-/m1/s1. The summed E-state index contributed by atoms with van der Waals surface area (Å²) in [4.78, 5) is 22.4. The number of nitrogens with zero attached hydrogens (tertiary/aromatic N) is 1. The molecule has 5 nitrogen and oxygen atoms in total. The molecular formula is C12H9F3N2O3. The van der Waals surface area contributed by atoms with E-state index in [-0.39, 0.29) is 12.8 Å². The highest BCUT2D eigenvalue weighted by molar-refractivity contribution is 5.97. The zero-order valence-corrected chi connectivity index (χ0v) is 9.99. The van der Waals surface area contributed by atoms with Crippen LogP contribution < -0.4 is 5.32 Å². The first kappa shape index (κ1) is 15.5. The van der Waals surface area contributed by atoms with Crippen LogP contribution in [-0.2, 0) is 4.79 Å². The summed E-state index contributed by atoms with van der Waals surface area (Å²) in [6, 6.07) is 0.834. The van der Waals surface area contributed by atoms with Crippen LogP contribution in [0.1, 0.15) is 23.2 Å². The SMILES string of the molecule is N#CCC[C@@H](NC(=O)c1c(F)cc(F)cc1F)C(=O)O. The van der Waals surface area contributed by atoms with Gasteiger partial charge in [-0.3, -0.25) is 4.79 Å². The van der Waals surface area contributed by atoms with E-state index < -0.39 is 40.9 Å². The van der Waals surface area contributed by atoms with Crippen LogP contribution in [0.2, 0.25) is 0 Å². The van der Waals surface area contributed by atoms with Crippen molar-refractivity contribution in [2.75, 3.05) is 0 Å². The number of carbonyl (C=O) groups is 2. The molecule has 0 aromatic heterocycles. The summed E-state index contributed by atoms with van der Waals surface area (Å²) in [5.74, 6) is -6.86. The van der Waals surface area contributed by atoms with Gasteiger partial charge in [0.2, 0.25) is 0 Å².